The van der Waals surface area contributed by atoms with E-state index < -0.39 is 0 Å². The molecule has 0 saturated heterocycles. The summed E-state index contributed by atoms with van der Waals surface area (Å²) in [7, 11) is 0. The average Bonchev–Trinajstić information content (AvgIpc) is 2.32. The largest absolute Gasteiger partial charge is 0.303 e. The van der Waals surface area contributed by atoms with Crippen LogP contribution in [0.3, 0.4) is 0 Å². The van der Waals surface area contributed by atoms with Crippen LogP contribution in [0.4, 0.5) is 0 Å². The first-order valence-corrected chi connectivity index (χ1v) is 7.12. The monoisotopic (exact) mass is 226 g/mol. The second kappa shape index (κ2) is 9.86. The molecular formula is C15H30O. The van der Waals surface area contributed by atoms with Crippen molar-refractivity contribution in [2.24, 2.45) is 17.8 Å². The molecule has 0 aromatic rings. The van der Waals surface area contributed by atoms with Crippen LogP contribution in [-0.4, -0.2) is 6.29 Å². The third-order valence-corrected chi connectivity index (χ3v) is 3.91. The van der Waals surface area contributed by atoms with Gasteiger partial charge in [0, 0.05) is 5.92 Å². The van der Waals surface area contributed by atoms with Crippen LogP contribution >= 0.6 is 0 Å². The molecule has 1 heteroatoms. The minimum atomic E-state index is 0.237. The summed E-state index contributed by atoms with van der Waals surface area (Å²) in [5.74, 6) is 1.52. The highest BCUT2D eigenvalue weighted by atomic mass is 16.1. The summed E-state index contributed by atoms with van der Waals surface area (Å²) in [5.41, 5.74) is 0. The highest BCUT2D eigenvalue weighted by molar-refractivity contribution is 5.53. The first kappa shape index (κ1) is 15.7. The molecular weight excluding hydrogens is 196 g/mol. The van der Waals surface area contributed by atoms with Gasteiger partial charge in [0.05, 0.1) is 0 Å². The summed E-state index contributed by atoms with van der Waals surface area (Å²) in [6.45, 7) is 8.84. The number of rotatable bonds is 10. The summed E-state index contributed by atoms with van der Waals surface area (Å²) in [6.07, 6.45) is 10.2. The summed E-state index contributed by atoms with van der Waals surface area (Å²) in [6, 6.07) is 0. The first-order valence-electron chi connectivity index (χ1n) is 7.12. The summed E-state index contributed by atoms with van der Waals surface area (Å²) in [4.78, 5) is 10.9. The molecule has 0 fully saturated rings. The molecule has 0 amide bonds. The molecule has 3 atom stereocenters. The van der Waals surface area contributed by atoms with E-state index >= 15 is 0 Å². The fraction of sp³-hybridized carbons (Fsp3) is 0.933. The topological polar surface area (TPSA) is 17.1 Å². The molecule has 0 aromatic carbocycles. The lowest BCUT2D eigenvalue weighted by atomic mass is 9.79. The predicted molar refractivity (Wildman–Crippen MR) is 71.5 cm³/mol. The molecule has 16 heavy (non-hydrogen) atoms. The highest BCUT2D eigenvalue weighted by Crippen LogP contribution is 2.28. The predicted octanol–water partition coefficient (Wildman–Crippen LogP) is 4.84. The van der Waals surface area contributed by atoms with Crippen LogP contribution < -0.4 is 0 Å². The Hall–Kier alpha value is -0.330. The Morgan fingerprint density at radius 2 is 1.62 bits per heavy atom. The van der Waals surface area contributed by atoms with Crippen molar-refractivity contribution in [1.82, 2.24) is 0 Å². The molecule has 0 spiro atoms. The van der Waals surface area contributed by atoms with Gasteiger partial charge in [-0.1, -0.05) is 66.2 Å². The van der Waals surface area contributed by atoms with Gasteiger partial charge in [-0.15, -0.1) is 0 Å². The second-order valence-corrected chi connectivity index (χ2v) is 5.25. The van der Waals surface area contributed by atoms with Crippen LogP contribution in [0.15, 0.2) is 0 Å². The number of hydrogen-bond donors (Lipinski definition) is 0. The van der Waals surface area contributed by atoms with Crippen molar-refractivity contribution in [1.29, 1.82) is 0 Å². The molecule has 0 radical (unpaired) electrons. The van der Waals surface area contributed by atoms with Crippen molar-refractivity contribution in [2.75, 3.05) is 0 Å². The van der Waals surface area contributed by atoms with E-state index in [4.69, 9.17) is 0 Å². The molecule has 0 bridgehead atoms. The van der Waals surface area contributed by atoms with Gasteiger partial charge in [-0.25, -0.2) is 0 Å². The minimum Gasteiger partial charge on any atom is -0.303 e. The van der Waals surface area contributed by atoms with Gasteiger partial charge in [0.1, 0.15) is 6.29 Å². The standard InChI is InChI=1S/C15H30O/c1-5-7-8-9-10-11-15(13(3)6-2)14(4)12-16/h12-15H,5-11H2,1-4H3. The van der Waals surface area contributed by atoms with Crippen LogP contribution in [0.25, 0.3) is 0 Å². The van der Waals surface area contributed by atoms with Crippen LogP contribution in [0, 0.1) is 17.8 Å². The molecule has 3 unspecified atom stereocenters. The zero-order valence-corrected chi connectivity index (χ0v) is 11.7. The lowest BCUT2D eigenvalue weighted by Gasteiger charge is -2.25. The smallest absolute Gasteiger partial charge is 0.123 e. The van der Waals surface area contributed by atoms with E-state index in [-0.39, 0.29) is 5.92 Å². The highest BCUT2D eigenvalue weighted by Gasteiger charge is 2.21. The quantitative estimate of drug-likeness (QED) is 0.384. The maximum atomic E-state index is 10.9. The van der Waals surface area contributed by atoms with Crippen molar-refractivity contribution in [3.63, 3.8) is 0 Å². The molecule has 0 aliphatic heterocycles. The van der Waals surface area contributed by atoms with Crippen LogP contribution in [0.1, 0.15) is 72.6 Å². The zero-order chi connectivity index (χ0) is 12.4. The fourth-order valence-corrected chi connectivity index (χ4v) is 2.45. The Labute approximate surface area is 102 Å². The molecule has 0 aliphatic carbocycles. The molecule has 0 rings (SSSR count). The maximum absolute atomic E-state index is 10.9. The third kappa shape index (κ3) is 6.30. The van der Waals surface area contributed by atoms with Gasteiger partial charge in [-0.05, 0) is 18.3 Å². The van der Waals surface area contributed by atoms with E-state index in [0.29, 0.717) is 11.8 Å². The van der Waals surface area contributed by atoms with Crippen molar-refractivity contribution in [3.05, 3.63) is 0 Å². The normalized spacial score (nSPS) is 16.8. The van der Waals surface area contributed by atoms with Gasteiger partial charge in [-0.2, -0.15) is 0 Å². The Morgan fingerprint density at radius 1 is 1.00 bits per heavy atom. The van der Waals surface area contributed by atoms with Gasteiger partial charge in [-0.3, -0.25) is 0 Å². The molecule has 0 N–H and O–H groups in total. The summed E-state index contributed by atoms with van der Waals surface area (Å²) >= 11 is 0. The van der Waals surface area contributed by atoms with Gasteiger partial charge in [0.25, 0.3) is 0 Å². The lowest BCUT2D eigenvalue weighted by Crippen LogP contribution is -2.20. The van der Waals surface area contributed by atoms with Crippen molar-refractivity contribution < 1.29 is 4.79 Å². The second-order valence-electron chi connectivity index (χ2n) is 5.25. The summed E-state index contributed by atoms with van der Waals surface area (Å²) in [5, 5.41) is 0. The number of hydrogen-bond acceptors (Lipinski definition) is 1. The van der Waals surface area contributed by atoms with E-state index in [0.717, 1.165) is 6.29 Å². The van der Waals surface area contributed by atoms with E-state index in [1.807, 2.05) is 0 Å². The Morgan fingerprint density at radius 3 is 2.12 bits per heavy atom. The third-order valence-electron chi connectivity index (χ3n) is 3.91. The van der Waals surface area contributed by atoms with Crippen LogP contribution in [-0.2, 0) is 4.79 Å². The average molecular weight is 226 g/mol. The maximum Gasteiger partial charge on any atom is 0.123 e. The molecule has 96 valence electrons. The van der Waals surface area contributed by atoms with E-state index in [1.54, 1.807) is 0 Å². The first-order chi connectivity index (χ1) is 7.67. The van der Waals surface area contributed by atoms with Gasteiger partial charge < -0.3 is 4.79 Å². The zero-order valence-electron chi connectivity index (χ0n) is 11.7. The van der Waals surface area contributed by atoms with Gasteiger partial charge >= 0.3 is 0 Å². The van der Waals surface area contributed by atoms with E-state index in [1.165, 1.54) is 44.9 Å². The van der Waals surface area contributed by atoms with Crippen molar-refractivity contribution in [2.45, 2.75) is 72.6 Å². The Bertz CT molecular complexity index is 165. The van der Waals surface area contributed by atoms with Crippen molar-refractivity contribution in [3.8, 4) is 0 Å². The summed E-state index contributed by atoms with van der Waals surface area (Å²) < 4.78 is 0. The molecule has 0 aromatic heterocycles. The molecule has 1 nitrogen and oxygen atoms in total. The molecule has 0 saturated carbocycles. The number of carbonyl (C=O) groups excluding carboxylic acids is 1. The van der Waals surface area contributed by atoms with Crippen LogP contribution in [0.2, 0.25) is 0 Å². The number of unbranched alkanes of at least 4 members (excludes halogenated alkanes) is 4. The van der Waals surface area contributed by atoms with Crippen molar-refractivity contribution >= 4 is 6.29 Å². The minimum absolute atomic E-state index is 0.237. The van der Waals surface area contributed by atoms with Crippen LogP contribution in [0.5, 0.6) is 0 Å². The number of aldehydes is 1. The lowest BCUT2D eigenvalue weighted by molar-refractivity contribution is -0.112. The molecule has 0 heterocycles. The Kier molecular flexibility index (Phi) is 9.66. The fourth-order valence-electron chi connectivity index (χ4n) is 2.45. The van der Waals surface area contributed by atoms with Gasteiger partial charge in [0.2, 0.25) is 0 Å². The Balaban J connectivity index is 3.88. The van der Waals surface area contributed by atoms with E-state index in [9.17, 15) is 4.79 Å². The van der Waals surface area contributed by atoms with E-state index in [2.05, 4.69) is 27.7 Å². The molecule has 0 aliphatic rings. The number of carbonyl (C=O) groups is 1. The van der Waals surface area contributed by atoms with Gasteiger partial charge in [0.15, 0.2) is 0 Å². The SMILES string of the molecule is CCCCCCCC(C(C)C=O)C(C)CC.